The number of imidazole rings is 1. The average molecular weight is 463 g/mol. The molecule has 0 atom stereocenters. The number of hydrogen-bond donors (Lipinski definition) is 0. The lowest BCUT2D eigenvalue weighted by molar-refractivity contribution is -0.118. The van der Waals surface area contributed by atoms with Crippen molar-refractivity contribution < 1.29 is 14.3 Å². The quantitative estimate of drug-likeness (QED) is 0.512. The lowest BCUT2D eigenvalue weighted by Crippen LogP contribution is -2.29. The van der Waals surface area contributed by atoms with Crippen LogP contribution in [0.3, 0.4) is 0 Å². The number of carbonyl (C=O) groups excluding carboxylic acids is 2. The summed E-state index contributed by atoms with van der Waals surface area (Å²) in [6, 6.07) is 15.6. The first-order valence-corrected chi connectivity index (χ1v) is 11.7. The molecule has 0 unspecified atom stereocenters. The molecule has 0 aliphatic carbocycles. The number of aryl methyl sites for hydroxylation is 1. The number of ether oxygens (including phenoxy) is 1. The van der Waals surface area contributed by atoms with Crippen LogP contribution in [-0.2, 0) is 11.2 Å². The van der Waals surface area contributed by atoms with Crippen molar-refractivity contribution in [3.8, 4) is 5.75 Å². The van der Waals surface area contributed by atoms with Gasteiger partial charge in [0.1, 0.15) is 21.6 Å². The molecule has 1 aromatic heterocycles. The van der Waals surface area contributed by atoms with Crippen LogP contribution in [0, 0.1) is 6.92 Å². The van der Waals surface area contributed by atoms with Crippen molar-refractivity contribution in [2.24, 2.45) is 5.10 Å². The smallest absolute Gasteiger partial charge is 0.248 e. The Morgan fingerprint density at radius 1 is 0.970 bits per heavy atom. The lowest BCUT2D eigenvalue weighted by atomic mass is 10.1. The highest BCUT2D eigenvalue weighted by atomic mass is 32.2. The van der Waals surface area contributed by atoms with Gasteiger partial charge in [-0.05, 0) is 36.4 Å². The molecule has 33 heavy (non-hydrogen) atoms. The monoisotopic (exact) mass is 462 g/mol. The normalized spacial score (nSPS) is 12.8. The number of benzene rings is 2. The van der Waals surface area contributed by atoms with Gasteiger partial charge in [-0.15, -0.1) is 0 Å². The summed E-state index contributed by atoms with van der Waals surface area (Å²) >= 11 is 1.37. The summed E-state index contributed by atoms with van der Waals surface area (Å²) < 4.78 is 6.88. The van der Waals surface area contributed by atoms with E-state index in [0.29, 0.717) is 34.6 Å². The molecule has 8 heteroatoms. The maximum absolute atomic E-state index is 13.0. The largest absolute Gasteiger partial charge is 0.497 e. The fourth-order valence-electron chi connectivity index (χ4n) is 3.51. The van der Waals surface area contributed by atoms with E-state index in [0.717, 1.165) is 22.4 Å². The molecule has 0 bridgehead atoms. The molecular weight excluding hydrogens is 436 g/mol. The average Bonchev–Trinajstić information content (AvgIpc) is 3.21. The van der Waals surface area contributed by atoms with Crippen LogP contribution < -0.4 is 9.75 Å². The molecule has 1 amide bonds. The Morgan fingerprint density at radius 2 is 1.64 bits per heavy atom. The predicted molar refractivity (Wildman–Crippen MR) is 130 cm³/mol. The third-order valence-electron chi connectivity index (χ3n) is 5.38. The fourth-order valence-corrected chi connectivity index (χ4v) is 4.59. The molecule has 2 aromatic carbocycles. The highest BCUT2D eigenvalue weighted by Crippen LogP contribution is 2.39. The zero-order valence-electron chi connectivity index (χ0n) is 19.2. The van der Waals surface area contributed by atoms with E-state index in [1.54, 1.807) is 18.6 Å². The second-order valence-corrected chi connectivity index (χ2v) is 8.67. The van der Waals surface area contributed by atoms with E-state index in [9.17, 15) is 9.59 Å². The molecule has 1 aliphatic heterocycles. The van der Waals surface area contributed by atoms with E-state index in [-0.39, 0.29) is 18.2 Å². The van der Waals surface area contributed by atoms with Gasteiger partial charge in [-0.3, -0.25) is 14.2 Å². The zero-order valence-corrected chi connectivity index (χ0v) is 20.0. The number of amides is 1. The molecule has 0 N–H and O–H groups in total. The minimum atomic E-state index is -0.175. The van der Waals surface area contributed by atoms with E-state index in [1.807, 2.05) is 62.4 Å². The summed E-state index contributed by atoms with van der Waals surface area (Å²) in [6.07, 6.45) is 1.03. The minimum absolute atomic E-state index is 0.0752. The van der Waals surface area contributed by atoms with E-state index >= 15 is 0 Å². The molecule has 0 saturated heterocycles. The van der Waals surface area contributed by atoms with Crippen molar-refractivity contribution in [2.45, 2.75) is 45.1 Å². The summed E-state index contributed by atoms with van der Waals surface area (Å²) in [5, 5.41) is 7.25. The van der Waals surface area contributed by atoms with Crippen molar-refractivity contribution in [2.75, 3.05) is 12.1 Å². The Labute approximate surface area is 197 Å². The molecular formula is C25H26N4O3S. The number of hydrazone groups is 1. The Morgan fingerprint density at radius 3 is 2.24 bits per heavy atom. The number of aromatic nitrogens is 2. The van der Waals surface area contributed by atoms with Gasteiger partial charge in [-0.25, -0.2) is 4.98 Å². The molecule has 3 aromatic rings. The Hall–Kier alpha value is -3.39. The van der Waals surface area contributed by atoms with Crippen molar-refractivity contribution in [1.29, 1.82) is 0 Å². The number of anilines is 1. The second-order valence-electron chi connectivity index (χ2n) is 7.70. The highest BCUT2D eigenvalue weighted by Gasteiger charge is 2.33. The summed E-state index contributed by atoms with van der Waals surface area (Å²) in [6.45, 7) is 5.63. The molecule has 7 nitrogen and oxygen atoms in total. The third kappa shape index (κ3) is 4.57. The second kappa shape index (κ2) is 9.62. The molecule has 2 heterocycles. The van der Waals surface area contributed by atoms with Crippen LogP contribution >= 0.6 is 11.8 Å². The van der Waals surface area contributed by atoms with Crippen molar-refractivity contribution in [1.82, 2.24) is 9.55 Å². The fraction of sp³-hybridized carbons (Fsp3) is 0.280. The lowest BCUT2D eigenvalue weighted by Gasteiger charge is -2.22. The topological polar surface area (TPSA) is 76.8 Å². The van der Waals surface area contributed by atoms with Gasteiger partial charge >= 0.3 is 0 Å². The maximum atomic E-state index is 13.0. The molecule has 0 saturated carbocycles. The van der Waals surface area contributed by atoms with Gasteiger partial charge in [-0.1, -0.05) is 55.8 Å². The number of nitrogens with zero attached hydrogens (tertiary/aromatic N) is 4. The summed E-state index contributed by atoms with van der Waals surface area (Å²) in [5.74, 6) is 1.50. The highest BCUT2D eigenvalue weighted by molar-refractivity contribution is 8.14. The van der Waals surface area contributed by atoms with Gasteiger partial charge in [0.15, 0.2) is 5.82 Å². The third-order valence-corrected chi connectivity index (χ3v) is 6.45. The standard InChI is InChI=1S/C25H26N4O3S/c1-5-21(30)28-20(15-17-9-13-19(32-4)14-10-17)26-23-25(28)33-24(27-29(23)22(31)6-2)18-11-7-16(3)8-12-18/h7-14H,5-6,15H2,1-4H3. The maximum Gasteiger partial charge on any atom is 0.248 e. The minimum Gasteiger partial charge on any atom is -0.497 e. The first-order chi connectivity index (χ1) is 15.9. The molecule has 0 radical (unpaired) electrons. The summed E-state index contributed by atoms with van der Waals surface area (Å²) in [4.78, 5) is 30.6. The number of methoxy groups -OCH3 is 1. The van der Waals surface area contributed by atoms with Crippen LogP contribution in [0.1, 0.15) is 54.0 Å². The van der Waals surface area contributed by atoms with Gasteiger partial charge < -0.3 is 4.74 Å². The van der Waals surface area contributed by atoms with Crippen LogP contribution in [-0.4, -0.2) is 33.5 Å². The zero-order chi connectivity index (χ0) is 23.5. The molecule has 170 valence electrons. The number of carbonyl (C=O) groups is 2. The number of thioether (sulfide) groups is 1. The van der Waals surface area contributed by atoms with Crippen molar-refractivity contribution >= 4 is 34.4 Å². The molecule has 1 aliphatic rings. The van der Waals surface area contributed by atoms with Gasteiger partial charge in [0.05, 0.1) is 7.11 Å². The van der Waals surface area contributed by atoms with Gasteiger partial charge in [0.25, 0.3) is 0 Å². The van der Waals surface area contributed by atoms with Crippen LogP contribution in [0.5, 0.6) is 5.75 Å². The molecule has 0 fully saturated rings. The summed E-state index contributed by atoms with van der Waals surface area (Å²) in [7, 11) is 1.62. The van der Waals surface area contributed by atoms with E-state index in [4.69, 9.17) is 9.72 Å². The first kappa shape index (κ1) is 22.8. The van der Waals surface area contributed by atoms with E-state index < -0.39 is 0 Å². The predicted octanol–water partition coefficient (Wildman–Crippen LogP) is 5.05. The van der Waals surface area contributed by atoms with E-state index in [1.165, 1.54) is 16.8 Å². The SMILES string of the molecule is CCC(=O)N1N=C(c2ccc(C)cc2)Sc2c1nc(Cc1ccc(OC)cc1)n2C(=O)CC. The number of fused-ring (bicyclic) bond motifs is 1. The Bertz CT molecular complexity index is 1210. The van der Waals surface area contributed by atoms with Crippen LogP contribution in [0.2, 0.25) is 0 Å². The van der Waals surface area contributed by atoms with Crippen molar-refractivity contribution in [3.63, 3.8) is 0 Å². The van der Waals surface area contributed by atoms with Crippen LogP contribution in [0.25, 0.3) is 0 Å². The van der Waals surface area contributed by atoms with Crippen molar-refractivity contribution in [3.05, 3.63) is 71.0 Å². The van der Waals surface area contributed by atoms with Gasteiger partial charge in [0.2, 0.25) is 11.8 Å². The van der Waals surface area contributed by atoms with Gasteiger partial charge in [-0.2, -0.15) is 10.1 Å². The van der Waals surface area contributed by atoms with Crippen LogP contribution in [0.15, 0.2) is 58.7 Å². The van der Waals surface area contributed by atoms with E-state index in [2.05, 4.69) is 5.10 Å². The first-order valence-electron chi connectivity index (χ1n) is 10.9. The Kier molecular flexibility index (Phi) is 6.65. The van der Waals surface area contributed by atoms with Gasteiger partial charge in [0, 0.05) is 24.8 Å². The number of rotatable bonds is 6. The number of hydrogen-bond acceptors (Lipinski definition) is 6. The summed E-state index contributed by atoms with van der Waals surface area (Å²) in [5.41, 5.74) is 3.01. The Balaban J connectivity index is 1.81. The molecule has 4 rings (SSSR count). The molecule has 0 spiro atoms. The van der Waals surface area contributed by atoms with Crippen LogP contribution in [0.4, 0.5) is 5.82 Å².